The number of amides is 9. The number of fused-ring (bicyclic) bond motifs is 7. The number of ether oxygens (including phenoxy) is 8. The van der Waals surface area contributed by atoms with E-state index < -0.39 is 193 Å². The fourth-order valence-electron chi connectivity index (χ4n) is 18.7. The summed E-state index contributed by atoms with van der Waals surface area (Å²) in [6.07, 6.45) is -3.91. The number of hydrogen-bond acceptors (Lipinski definition) is 25. The lowest BCUT2D eigenvalue weighted by atomic mass is 9.44. The van der Waals surface area contributed by atoms with E-state index in [1.165, 1.54) is 19.1 Å². The van der Waals surface area contributed by atoms with Crippen molar-refractivity contribution in [2.45, 2.75) is 261 Å². The van der Waals surface area contributed by atoms with Gasteiger partial charge in [-0.25, -0.2) is 13.6 Å². The fraction of sp³-hybridized carbons (Fsp3) is 0.667. The van der Waals surface area contributed by atoms with E-state index in [1.54, 1.807) is 31.7 Å². The van der Waals surface area contributed by atoms with Crippen molar-refractivity contribution in [3.05, 3.63) is 107 Å². The Morgan fingerprint density at radius 1 is 0.714 bits per heavy atom. The largest absolute Gasteiger partial charge is 0.399 e. The summed E-state index contributed by atoms with van der Waals surface area (Å²) in [5.41, 5.74) is 8.79. The maximum absolute atomic E-state index is 18.3. The first kappa shape index (κ1) is 101. The van der Waals surface area contributed by atoms with Crippen LogP contribution in [0.2, 0.25) is 0 Å². The number of allylic oxidation sites excluding steroid dienone is 5. The Labute approximate surface area is 735 Å². The number of nitrogens with one attached hydrogen (secondary N) is 8. The number of halogens is 2. The van der Waals surface area contributed by atoms with E-state index in [4.69, 9.17) is 49.4 Å². The maximum Gasteiger partial charge on any atom is 0.312 e. The van der Waals surface area contributed by atoms with Gasteiger partial charge in [-0.15, -0.1) is 0 Å². The predicted octanol–water partition coefficient (Wildman–Crippen LogP) is 3.43. The van der Waals surface area contributed by atoms with E-state index in [0.29, 0.717) is 50.8 Å². The Morgan fingerprint density at radius 2 is 1.38 bits per heavy atom. The summed E-state index contributed by atoms with van der Waals surface area (Å²) in [6, 6.07) is 10.5. The number of ketones is 2. The summed E-state index contributed by atoms with van der Waals surface area (Å²) >= 11 is 0. The molecule has 0 radical (unpaired) electrons. The van der Waals surface area contributed by atoms with Crippen LogP contribution in [0.3, 0.4) is 0 Å². The molecule has 2 unspecified atom stereocenters. The van der Waals surface area contributed by atoms with Crippen molar-refractivity contribution in [2.75, 3.05) is 97.1 Å². The topological polar surface area (TPSA) is 497 Å². The van der Waals surface area contributed by atoms with Crippen LogP contribution in [-0.2, 0) is 94.0 Å². The lowest BCUT2D eigenvalue weighted by Gasteiger charge is -2.63. The monoisotopic (exact) mass is 1770 g/mol. The number of carbonyl (C=O) groups is 10. The number of anilines is 1. The van der Waals surface area contributed by atoms with Crippen molar-refractivity contribution in [2.24, 2.45) is 40.1 Å². The first-order chi connectivity index (χ1) is 60.3. The Hall–Kier alpha value is -8.76. The number of aryl methyl sites for hydroxylation is 1. The average Bonchev–Trinajstić information content (AvgIpc) is 1.46. The number of aliphatic hydroxyl groups is 5. The Balaban J connectivity index is 0.765. The highest BCUT2D eigenvalue weighted by Crippen LogP contribution is 2.72. The van der Waals surface area contributed by atoms with Gasteiger partial charge in [-0.05, 0) is 143 Å². The molecule has 2 heterocycles. The number of hydrogen-bond donors (Lipinski definition) is 15. The second kappa shape index (κ2) is 48.0. The zero-order chi connectivity index (χ0) is 91.5. The van der Waals surface area contributed by atoms with Crippen LogP contribution >= 0.6 is 0 Å². The van der Waals surface area contributed by atoms with Crippen LogP contribution in [0.5, 0.6) is 0 Å². The van der Waals surface area contributed by atoms with Crippen LogP contribution in [0.15, 0.2) is 90.3 Å². The minimum atomic E-state index is -2.48. The number of benzene rings is 2. The number of alkyl halides is 2. The molecule has 9 rings (SSSR count). The van der Waals surface area contributed by atoms with Crippen molar-refractivity contribution in [3.63, 3.8) is 0 Å². The molecule has 3 saturated carbocycles. The number of rotatable bonds is 50. The summed E-state index contributed by atoms with van der Waals surface area (Å²) < 4.78 is 82.3. The van der Waals surface area contributed by atoms with E-state index in [9.17, 15) is 68.7 Å². The number of para-hydroxylation sites is 1. The van der Waals surface area contributed by atoms with Gasteiger partial charge in [-0.3, -0.25) is 43.2 Å². The number of carbonyl (C=O) groups excluding carboxylic acids is 10. The van der Waals surface area contributed by atoms with Crippen molar-refractivity contribution in [1.82, 2.24) is 42.5 Å². The Morgan fingerprint density at radius 3 is 2.07 bits per heavy atom. The van der Waals surface area contributed by atoms with Gasteiger partial charge < -0.3 is 122 Å². The molecule has 2 aromatic carbocycles. The summed E-state index contributed by atoms with van der Waals surface area (Å²) in [7, 11) is 0. The van der Waals surface area contributed by atoms with E-state index in [-0.39, 0.29) is 160 Å². The molecule has 2 saturated heterocycles. The minimum absolute atomic E-state index is 0.00372. The molecule has 34 nitrogen and oxygen atoms in total. The van der Waals surface area contributed by atoms with E-state index in [2.05, 4.69) is 49.1 Å². The number of aliphatic hydroxyl groups excluding tert-OH is 5. The Bertz CT molecular complexity index is 4140. The highest BCUT2D eigenvalue weighted by atomic mass is 19.1. The lowest BCUT2D eigenvalue weighted by molar-refractivity contribution is -0.234. The van der Waals surface area contributed by atoms with Crippen molar-refractivity contribution in [1.29, 1.82) is 0 Å². The highest BCUT2D eigenvalue weighted by molar-refractivity contribution is 6.02. The molecule has 5 aliphatic carbocycles. The highest BCUT2D eigenvalue weighted by Gasteiger charge is 2.80. The van der Waals surface area contributed by atoms with E-state index in [0.717, 1.165) is 41.3 Å². The second-order valence-corrected chi connectivity index (χ2v) is 34.3. The van der Waals surface area contributed by atoms with Gasteiger partial charge in [-0.1, -0.05) is 115 Å². The van der Waals surface area contributed by atoms with Crippen molar-refractivity contribution < 1.29 is 120 Å². The molecular weight excluding hydrogens is 1640 g/mol. The average molecular weight is 1780 g/mol. The number of primary amides is 1. The van der Waals surface area contributed by atoms with Crippen LogP contribution in [0.1, 0.15) is 174 Å². The van der Waals surface area contributed by atoms with Gasteiger partial charge in [0.1, 0.15) is 55.3 Å². The molecule has 19 atom stereocenters. The molecule has 0 aromatic heterocycles. The van der Waals surface area contributed by atoms with Gasteiger partial charge >= 0.3 is 6.03 Å². The van der Waals surface area contributed by atoms with Crippen molar-refractivity contribution >= 4 is 70.7 Å². The normalized spacial score (nSPS) is 28.6. The minimum Gasteiger partial charge on any atom is -0.399 e. The summed E-state index contributed by atoms with van der Waals surface area (Å²) in [4.78, 5) is 139. The number of Topliss-reactive ketones (excluding diaryl/α,β-unsaturated/α-hetero) is 1. The second-order valence-electron chi connectivity index (χ2n) is 34.3. The molecule has 700 valence electrons. The van der Waals surface area contributed by atoms with Crippen LogP contribution in [-0.4, -0.2) is 268 Å². The first-order valence-corrected chi connectivity index (χ1v) is 44.4. The zero-order valence-electron chi connectivity index (χ0n) is 73.4. The Kier molecular flexibility index (Phi) is 38.5. The van der Waals surface area contributed by atoms with Gasteiger partial charge in [0.25, 0.3) is 0 Å². The van der Waals surface area contributed by atoms with Gasteiger partial charge in [0.05, 0.1) is 96.6 Å². The SMILES string of the molecule is C=Cc1ccccc1CN(C(=O)CCC(=O)NCCOCCOCCOCCOCCC(=O)N[C@H](CCCCNC(=O)COC1CCCCC/C(N[C@@H]2O[C@H](CO)[C@H](O)[C@H](O)[C@H]2O)=C\1N)C(=O)N[C@H](C(=O)N[C@@H](CCCNC(N)=O)C(=O)NCC(=O)[C@@]12OC(CCC)O[C@@H]1C[C@H]1[C@@H]3C[C@H](F)C4=CC(=O)C=C[C@]4(C)[C@@]3(F)[C@@H](O)C[C@@]12C)C(C)C)c1ccccc1CC. The third-order valence-electron chi connectivity index (χ3n) is 25.5. The predicted molar refractivity (Wildman–Crippen MR) is 458 cm³/mol. The zero-order valence-corrected chi connectivity index (χ0v) is 73.4. The van der Waals surface area contributed by atoms with Crippen LogP contribution in [0.4, 0.5) is 19.3 Å². The lowest BCUT2D eigenvalue weighted by Crippen LogP contribution is -2.71. The smallest absolute Gasteiger partial charge is 0.312 e. The summed E-state index contributed by atoms with van der Waals surface area (Å²) in [6.45, 7) is 14.4. The quantitative estimate of drug-likeness (QED) is 0.0422. The molecular formula is C90H133F2N11O23. The van der Waals surface area contributed by atoms with Gasteiger partial charge in [-0.2, -0.15) is 0 Å². The maximum atomic E-state index is 18.3. The van der Waals surface area contributed by atoms with Gasteiger partial charge in [0, 0.05) is 67.0 Å². The van der Waals surface area contributed by atoms with Crippen LogP contribution in [0.25, 0.3) is 6.08 Å². The molecule has 9 amide bonds. The molecule has 36 heteroatoms. The third kappa shape index (κ3) is 25.2. The number of unbranched alkanes of at least 4 members (excludes halogenated alkanes) is 1. The fourth-order valence-corrected chi connectivity index (χ4v) is 18.7. The molecule has 2 aliphatic heterocycles. The number of urea groups is 1. The first-order valence-electron chi connectivity index (χ1n) is 44.4. The standard InChI is InChI=1S/C90H133F2N11O23/c1-8-21-76-125-71-48-59-60-47-62(91)61-46-58(105)32-34-87(61,6)89(60,92)69(106)49-88(59,7)90(71,126-76)70(107)50-98-82(115)64(27-20-36-97-86(94)118)100-84(117)78(54(4)5)102-83(116)65(26-18-19-35-95-74(110)53-123-67-29-13-11-12-25-63(77(67)93)101-85-81(114)80(113)79(112)68(52-104)124-85)99-73(109)33-38-119-40-42-121-44-45-122-43-41-120-39-37-96-72(108)30-31-75(111)103(66-28-17-16-23-56(66)10-3)51-57-24-15-14-22-55(57)9-2/h9,14-17,22-24,28,32,34,46,54,59-60,62,64-65,67-69,71,76,78-81,85,101,104,106,112-114H,2,8,10-13,18-21,25-27,29-31,33,35-45,47-53,93H2,1,3-7H3,(H,95,110)(H,96,108)(H,98,115)(H,99,109)(H,100,117)(H,102,116)(H3,94,97,118)/b77-63-/t59-,60-,62-,64-,65+,67?,68+,69-,71+,76?,78-,79-,80-,81+,85+,87-,88-,89-,90+/m0/s1. The van der Waals surface area contributed by atoms with E-state index in [1.807, 2.05) is 62.4 Å². The van der Waals surface area contributed by atoms with E-state index >= 15 is 13.6 Å². The third-order valence-corrected chi connectivity index (χ3v) is 25.5. The molecule has 17 N–H and O–H groups in total. The molecule has 5 fully saturated rings. The van der Waals surface area contributed by atoms with Gasteiger partial charge in [0.15, 0.2) is 35.4 Å². The molecule has 0 spiro atoms. The summed E-state index contributed by atoms with van der Waals surface area (Å²) in [5.74, 6) is -7.91. The molecule has 7 aliphatic rings. The van der Waals surface area contributed by atoms with Crippen LogP contribution < -0.4 is 58.9 Å². The van der Waals surface area contributed by atoms with Crippen molar-refractivity contribution in [3.8, 4) is 0 Å². The van der Waals surface area contributed by atoms with Gasteiger partial charge in [0.2, 0.25) is 41.4 Å². The number of nitrogens with zero attached hydrogens (tertiary/aromatic N) is 1. The molecule has 2 aromatic rings. The molecule has 126 heavy (non-hydrogen) atoms. The van der Waals surface area contributed by atoms with Crippen LogP contribution in [0, 0.1) is 28.6 Å². The number of nitrogens with two attached hydrogens (primary N) is 2. The molecule has 0 bridgehead atoms. The summed E-state index contributed by atoms with van der Waals surface area (Å²) in [5, 5.41) is 75.4.